The van der Waals surface area contributed by atoms with Gasteiger partial charge in [-0.3, -0.25) is 4.79 Å². The second kappa shape index (κ2) is 15.4. The van der Waals surface area contributed by atoms with Gasteiger partial charge in [0.15, 0.2) is 5.79 Å². The Morgan fingerprint density at radius 1 is 1.05 bits per heavy atom. The second-order valence-corrected chi connectivity index (χ2v) is 12.7. The van der Waals surface area contributed by atoms with Crippen LogP contribution in [0.1, 0.15) is 91.9 Å². The first-order valence-corrected chi connectivity index (χ1v) is 15.4. The Labute approximate surface area is 246 Å². The van der Waals surface area contributed by atoms with Crippen LogP contribution in [0.5, 0.6) is 0 Å². The largest absolute Gasteiger partial charge is 0.459 e. The minimum atomic E-state index is -1.67. The normalized spacial score (nSPS) is 43.0. The standard InChI is InChI=1S/C32H54O9/c1-7-8-9-10-11-12-15-31(4)19-25(33)21(2)13-14-24-16-23(18-32(36,40-24)20-27(34)41-31)17-26-30(38-6)28(35)29(37-5)22(3)39-26/h8-11,21-26,28-30,33,35-36H,7,12-20H2,1-6H3/b9-8-,11-10-/t21-,22+,23+,24+,25+,26+,28-,29+,30+,31-,32+/m1/s1. The molecular formula is C32H54O9. The lowest BCUT2D eigenvalue weighted by atomic mass is 9.79. The quantitative estimate of drug-likeness (QED) is 0.271. The Hall–Kier alpha value is -1.33. The van der Waals surface area contributed by atoms with Crippen LogP contribution in [-0.2, 0) is 28.5 Å². The molecule has 9 nitrogen and oxygen atoms in total. The molecule has 0 aromatic rings. The van der Waals surface area contributed by atoms with Crippen molar-refractivity contribution in [3.05, 3.63) is 24.3 Å². The number of carbonyl (C=O) groups excluding carboxylic acids is 1. The second-order valence-electron chi connectivity index (χ2n) is 12.7. The van der Waals surface area contributed by atoms with E-state index in [0.717, 1.165) is 6.42 Å². The highest BCUT2D eigenvalue weighted by Crippen LogP contribution is 2.41. The van der Waals surface area contributed by atoms with Crippen LogP contribution in [0.4, 0.5) is 0 Å². The molecule has 236 valence electrons. The molecule has 9 heteroatoms. The predicted octanol–water partition coefficient (Wildman–Crippen LogP) is 4.21. The van der Waals surface area contributed by atoms with Gasteiger partial charge in [-0.1, -0.05) is 38.2 Å². The van der Waals surface area contributed by atoms with Crippen molar-refractivity contribution < 1.29 is 43.8 Å². The summed E-state index contributed by atoms with van der Waals surface area (Å²) in [4.78, 5) is 13.3. The molecule has 0 aliphatic carbocycles. The third kappa shape index (κ3) is 9.58. The average molecular weight is 583 g/mol. The van der Waals surface area contributed by atoms with Crippen LogP contribution >= 0.6 is 0 Å². The molecule has 0 saturated carbocycles. The molecule has 0 unspecified atom stereocenters. The van der Waals surface area contributed by atoms with Crippen molar-refractivity contribution in [1.29, 1.82) is 0 Å². The number of carbonyl (C=O) groups is 1. The first-order valence-electron chi connectivity index (χ1n) is 15.4. The number of fused-ring (bicyclic) bond motifs is 2. The van der Waals surface area contributed by atoms with E-state index in [9.17, 15) is 20.1 Å². The van der Waals surface area contributed by atoms with Gasteiger partial charge in [-0.25, -0.2) is 0 Å². The van der Waals surface area contributed by atoms with Crippen molar-refractivity contribution in [2.24, 2.45) is 11.8 Å². The molecule has 3 aliphatic heterocycles. The lowest BCUT2D eigenvalue weighted by Crippen LogP contribution is -2.58. The van der Waals surface area contributed by atoms with Gasteiger partial charge in [0, 0.05) is 27.1 Å². The summed E-state index contributed by atoms with van der Waals surface area (Å²) >= 11 is 0. The number of esters is 1. The molecule has 3 N–H and O–H groups in total. The Morgan fingerprint density at radius 3 is 2.44 bits per heavy atom. The van der Waals surface area contributed by atoms with E-state index in [1.165, 1.54) is 0 Å². The highest BCUT2D eigenvalue weighted by atomic mass is 16.6. The molecular weight excluding hydrogens is 528 g/mol. The zero-order chi connectivity index (χ0) is 30.2. The Bertz CT molecular complexity index is 877. The summed E-state index contributed by atoms with van der Waals surface area (Å²) in [5.74, 6) is -2.29. The molecule has 3 fully saturated rings. The van der Waals surface area contributed by atoms with Crippen molar-refractivity contribution in [2.45, 2.75) is 146 Å². The lowest BCUT2D eigenvalue weighted by molar-refractivity contribution is -0.278. The third-order valence-electron chi connectivity index (χ3n) is 9.07. The van der Waals surface area contributed by atoms with Crippen molar-refractivity contribution in [3.63, 3.8) is 0 Å². The van der Waals surface area contributed by atoms with Gasteiger partial charge in [0.05, 0.1) is 30.8 Å². The van der Waals surface area contributed by atoms with Crippen molar-refractivity contribution in [1.82, 2.24) is 0 Å². The van der Waals surface area contributed by atoms with Gasteiger partial charge in [0.2, 0.25) is 0 Å². The summed E-state index contributed by atoms with van der Waals surface area (Å²) in [5, 5.41) is 33.6. The first kappa shape index (κ1) is 34.2. The molecule has 0 aromatic carbocycles. The van der Waals surface area contributed by atoms with Gasteiger partial charge in [-0.05, 0) is 70.6 Å². The van der Waals surface area contributed by atoms with E-state index in [1.807, 2.05) is 39.0 Å². The topological polar surface area (TPSA) is 124 Å². The number of ether oxygens (including phenoxy) is 5. The van der Waals surface area contributed by atoms with Crippen LogP contribution in [0.2, 0.25) is 0 Å². The fourth-order valence-corrected chi connectivity index (χ4v) is 6.83. The third-order valence-corrected chi connectivity index (χ3v) is 9.07. The van der Waals surface area contributed by atoms with Gasteiger partial charge in [0.1, 0.15) is 23.9 Å². The minimum Gasteiger partial charge on any atom is -0.459 e. The monoisotopic (exact) mass is 582 g/mol. The fourth-order valence-electron chi connectivity index (χ4n) is 6.83. The Morgan fingerprint density at radius 2 is 1.76 bits per heavy atom. The molecule has 11 atom stereocenters. The minimum absolute atomic E-state index is 0.0333. The molecule has 0 aromatic heterocycles. The van der Waals surface area contributed by atoms with E-state index in [0.29, 0.717) is 44.9 Å². The number of hydrogen-bond acceptors (Lipinski definition) is 9. The molecule has 2 bridgehead atoms. The molecule has 0 radical (unpaired) electrons. The lowest BCUT2D eigenvalue weighted by Gasteiger charge is -2.46. The summed E-state index contributed by atoms with van der Waals surface area (Å²) in [6.07, 6.45) is 9.60. The predicted molar refractivity (Wildman–Crippen MR) is 155 cm³/mol. The first-order chi connectivity index (χ1) is 19.4. The molecule has 0 amide bonds. The molecule has 3 aliphatic rings. The number of cyclic esters (lactones) is 1. The summed E-state index contributed by atoms with van der Waals surface area (Å²) in [6, 6.07) is 0. The Kier molecular flexibility index (Phi) is 12.8. The van der Waals surface area contributed by atoms with E-state index in [4.69, 9.17) is 23.7 Å². The number of hydrogen-bond donors (Lipinski definition) is 3. The van der Waals surface area contributed by atoms with Crippen molar-refractivity contribution >= 4 is 5.97 Å². The van der Waals surface area contributed by atoms with E-state index < -0.39 is 47.9 Å². The summed E-state index contributed by atoms with van der Waals surface area (Å²) in [6.45, 7) is 7.82. The van der Waals surface area contributed by atoms with Crippen molar-refractivity contribution in [2.75, 3.05) is 14.2 Å². The highest BCUT2D eigenvalue weighted by molar-refractivity contribution is 5.71. The Balaban J connectivity index is 1.75. The van der Waals surface area contributed by atoms with Crippen LogP contribution in [0.25, 0.3) is 0 Å². The molecule has 3 saturated heterocycles. The number of allylic oxidation sites excluding steroid dienone is 4. The number of aliphatic hydroxyl groups excluding tert-OH is 2. The van der Waals surface area contributed by atoms with Crippen LogP contribution in [-0.4, -0.2) is 89.6 Å². The van der Waals surface area contributed by atoms with Crippen LogP contribution < -0.4 is 0 Å². The number of methoxy groups -OCH3 is 2. The highest BCUT2D eigenvalue weighted by Gasteiger charge is 2.48. The van der Waals surface area contributed by atoms with Gasteiger partial charge in [-0.15, -0.1) is 0 Å². The fraction of sp³-hybridized carbons (Fsp3) is 0.844. The van der Waals surface area contributed by atoms with E-state index in [1.54, 1.807) is 14.2 Å². The van der Waals surface area contributed by atoms with E-state index >= 15 is 0 Å². The molecule has 3 heterocycles. The number of aliphatic hydroxyl groups is 3. The maximum Gasteiger partial charge on any atom is 0.311 e. The van der Waals surface area contributed by atoms with E-state index in [2.05, 4.69) is 13.0 Å². The molecule has 3 rings (SSSR count). The molecule has 41 heavy (non-hydrogen) atoms. The number of rotatable bonds is 9. The average Bonchev–Trinajstić information content (AvgIpc) is 2.88. The van der Waals surface area contributed by atoms with Gasteiger partial charge >= 0.3 is 5.97 Å². The zero-order valence-electron chi connectivity index (χ0n) is 25.9. The zero-order valence-corrected chi connectivity index (χ0v) is 25.9. The smallest absolute Gasteiger partial charge is 0.311 e. The van der Waals surface area contributed by atoms with Crippen LogP contribution in [0, 0.1) is 11.8 Å². The van der Waals surface area contributed by atoms with Crippen LogP contribution in [0.3, 0.4) is 0 Å². The summed E-state index contributed by atoms with van der Waals surface area (Å²) in [5.41, 5.74) is -0.877. The summed E-state index contributed by atoms with van der Waals surface area (Å²) in [7, 11) is 3.09. The maximum absolute atomic E-state index is 13.3. The summed E-state index contributed by atoms with van der Waals surface area (Å²) < 4.78 is 29.5. The maximum atomic E-state index is 13.3. The van der Waals surface area contributed by atoms with E-state index in [-0.39, 0.29) is 36.9 Å². The SMILES string of the molecule is CC/C=C\C=C/CC[C@]1(C)C[C@H](O)[C@H](C)CC[C@H]2C[C@@H](C[C@@H]3O[C@@H](C)[C@H](OC)[C@@H](O)[C@H]3OC)C[C@@](O)(CC(=O)O1)O2. The van der Waals surface area contributed by atoms with Gasteiger partial charge in [-0.2, -0.15) is 0 Å². The van der Waals surface area contributed by atoms with Gasteiger partial charge in [0.25, 0.3) is 0 Å². The molecule has 0 spiro atoms. The van der Waals surface area contributed by atoms with Crippen LogP contribution in [0.15, 0.2) is 24.3 Å². The van der Waals surface area contributed by atoms with Crippen molar-refractivity contribution in [3.8, 4) is 0 Å². The van der Waals surface area contributed by atoms with Gasteiger partial charge < -0.3 is 39.0 Å².